The molecule has 0 amide bonds. The van der Waals surface area contributed by atoms with E-state index in [1.54, 1.807) is 6.08 Å². The molecule has 0 bridgehead atoms. The third-order valence-electron chi connectivity index (χ3n) is 13.9. The zero-order chi connectivity index (χ0) is 71.8. The Morgan fingerprint density at radius 2 is 0.571 bits per heavy atom. The first kappa shape index (κ1) is 92.2. The van der Waals surface area contributed by atoms with Crippen molar-refractivity contribution in [2.75, 3.05) is 39.6 Å². The highest BCUT2D eigenvalue weighted by atomic mass is 31.2. The fourth-order valence-electron chi connectivity index (χ4n) is 8.49. The molecule has 19 heteroatoms. The van der Waals surface area contributed by atoms with E-state index in [9.17, 15) is 43.2 Å². The summed E-state index contributed by atoms with van der Waals surface area (Å²) in [7, 11) is -10.0. The molecule has 0 saturated carbocycles. The number of phosphoric acid groups is 2. The third kappa shape index (κ3) is 68.7. The molecule has 0 rings (SSSR count). The molecule has 17 nitrogen and oxygen atoms in total. The fourth-order valence-corrected chi connectivity index (χ4v) is 10.1. The van der Waals surface area contributed by atoms with E-state index in [1.165, 1.54) is 0 Å². The summed E-state index contributed by atoms with van der Waals surface area (Å²) in [6.45, 7) is 4.17. The summed E-state index contributed by atoms with van der Waals surface area (Å²) in [4.78, 5) is 72.6. The molecule has 0 aromatic carbocycles. The van der Waals surface area contributed by atoms with Crippen molar-refractivity contribution in [1.82, 2.24) is 0 Å². The summed E-state index contributed by atoms with van der Waals surface area (Å²) in [6.07, 6.45) is 82.3. The number of aliphatic hydroxyl groups is 1. The van der Waals surface area contributed by atoms with Crippen LogP contribution in [0.1, 0.15) is 233 Å². The molecule has 0 radical (unpaired) electrons. The molecule has 5 unspecified atom stereocenters. The number of rotatable bonds is 65. The van der Waals surface area contributed by atoms with Crippen molar-refractivity contribution in [1.29, 1.82) is 0 Å². The van der Waals surface area contributed by atoms with Gasteiger partial charge in [0, 0.05) is 19.3 Å². The highest BCUT2D eigenvalue weighted by molar-refractivity contribution is 7.47. The molecule has 0 heterocycles. The molecular weight excluding hydrogens is 1280 g/mol. The van der Waals surface area contributed by atoms with Gasteiger partial charge in [0.05, 0.1) is 32.8 Å². The zero-order valence-electron chi connectivity index (χ0n) is 59.9. The van der Waals surface area contributed by atoms with Gasteiger partial charge in [-0.3, -0.25) is 37.3 Å². The molecule has 0 fully saturated rings. The first-order valence-electron chi connectivity index (χ1n) is 36.0. The fraction of sp³-hybridized carbons (Fsp3) is 0.570. The molecule has 0 spiro atoms. The van der Waals surface area contributed by atoms with Crippen LogP contribution in [0.2, 0.25) is 0 Å². The topological polar surface area (TPSA) is 237 Å². The summed E-state index contributed by atoms with van der Waals surface area (Å²) < 4.78 is 68.1. The maximum Gasteiger partial charge on any atom is 0.472 e. The summed E-state index contributed by atoms with van der Waals surface area (Å²) >= 11 is 0. The molecule has 0 aliphatic heterocycles. The summed E-state index contributed by atoms with van der Waals surface area (Å²) in [5.74, 6) is -2.46. The van der Waals surface area contributed by atoms with Gasteiger partial charge < -0.3 is 33.8 Å². The molecule has 5 atom stereocenters. The molecule has 552 valence electrons. The number of allylic oxidation sites excluding steroid dienone is 29. The van der Waals surface area contributed by atoms with Gasteiger partial charge in [0.25, 0.3) is 0 Å². The maximum absolute atomic E-state index is 13.0. The largest absolute Gasteiger partial charge is 0.472 e. The second-order valence-electron chi connectivity index (χ2n) is 23.0. The Hall–Kier alpha value is -5.84. The lowest BCUT2D eigenvalue weighted by atomic mass is 10.1. The smallest absolute Gasteiger partial charge is 0.462 e. The number of hydrogen-bond acceptors (Lipinski definition) is 15. The van der Waals surface area contributed by atoms with Gasteiger partial charge in [-0.1, -0.05) is 236 Å². The van der Waals surface area contributed by atoms with Crippen molar-refractivity contribution in [3.63, 3.8) is 0 Å². The van der Waals surface area contributed by atoms with E-state index < -0.39 is 97.5 Å². The molecule has 0 aliphatic carbocycles. The number of phosphoric ester groups is 2. The Kier molecular flexibility index (Phi) is 65.5. The van der Waals surface area contributed by atoms with Gasteiger partial charge in [-0.25, -0.2) is 9.13 Å². The van der Waals surface area contributed by atoms with Crippen LogP contribution in [0.3, 0.4) is 0 Å². The quantitative estimate of drug-likeness (QED) is 0.0169. The van der Waals surface area contributed by atoms with E-state index in [0.29, 0.717) is 32.1 Å². The minimum Gasteiger partial charge on any atom is -0.462 e. The molecule has 0 aromatic rings. The maximum atomic E-state index is 13.0. The first-order valence-corrected chi connectivity index (χ1v) is 39.0. The molecule has 0 saturated heterocycles. The Balaban J connectivity index is 5.52. The van der Waals surface area contributed by atoms with E-state index >= 15 is 0 Å². The third-order valence-corrected chi connectivity index (χ3v) is 15.8. The minimum atomic E-state index is -5.02. The predicted octanol–water partition coefficient (Wildman–Crippen LogP) is 20.4. The van der Waals surface area contributed by atoms with Gasteiger partial charge in [-0.15, -0.1) is 0 Å². The lowest BCUT2D eigenvalue weighted by Gasteiger charge is -2.21. The summed E-state index contributed by atoms with van der Waals surface area (Å²) in [5.41, 5.74) is 0. The summed E-state index contributed by atoms with van der Waals surface area (Å²) in [6, 6.07) is 0. The van der Waals surface area contributed by atoms with E-state index in [1.807, 2.05) is 24.3 Å². The van der Waals surface area contributed by atoms with Crippen molar-refractivity contribution in [2.45, 2.75) is 251 Å². The van der Waals surface area contributed by atoms with Gasteiger partial charge in [0.1, 0.15) is 19.3 Å². The molecule has 0 aromatic heterocycles. The second-order valence-corrected chi connectivity index (χ2v) is 26.0. The van der Waals surface area contributed by atoms with Crippen LogP contribution in [0.25, 0.3) is 0 Å². The number of aliphatic hydroxyl groups excluding tert-OH is 1. The standard InChI is InChI=1S/C79H124O17P2/c1-5-9-13-17-21-25-29-33-36-40-43-47-51-55-59-63-76(81)89-69-74(95-78(83)65-61-57-53-49-45-39-32-28-24-20-16-12-8-4)71-93-97(85,86)91-67-73(80)68-92-98(87,88)94-72-75(96-79(84)66-62-58-54-50-46-42-38-35-31-27-23-19-15-11-7-3)70-90-77(82)64-60-56-52-48-44-41-37-34-30-26-22-18-14-10-6-2/h9-11,13-16,20-23,25-28,32-38,43-44,46-48,50,56,60,73-75,80H,5-8,12,17-19,24,29-31,39-42,45,49,51-55,57-59,61-72H2,1-4H3,(H,85,86)(H,87,88)/b13-9-,14-10-,15-11-,20-16-,25-21-,26-22-,27-23-,32-28-,36-33-,37-34-,38-35-,47-43-,48-44-,50-46-,60-56-. The first-order chi connectivity index (χ1) is 47.7. The number of ether oxygens (including phenoxy) is 4. The van der Waals surface area contributed by atoms with Crippen molar-refractivity contribution in [3.05, 3.63) is 182 Å². The van der Waals surface area contributed by atoms with Crippen LogP contribution in [0.15, 0.2) is 182 Å². The van der Waals surface area contributed by atoms with Crippen LogP contribution < -0.4 is 0 Å². The van der Waals surface area contributed by atoms with Crippen LogP contribution in [-0.4, -0.2) is 96.7 Å². The monoisotopic (exact) mass is 1410 g/mol. The number of esters is 4. The number of hydrogen-bond donors (Lipinski definition) is 3. The molecule has 0 aliphatic rings. The van der Waals surface area contributed by atoms with Gasteiger partial charge in [-0.05, 0) is 154 Å². The molecule has 98 heavy (non-hydrogen) atoms. The van der Waals surface area contributed by atoms with Crippen LogP contribution in [0.5, 0.6) is 0 Å². The number of carbonyl (C=O) groups is 4. The second kappa shape index (κ2) is 69.6. The Morgan fingerprint density at radius 1 is 0.306 bits per heavy atom. The Morgan fingerprint density at radius 3 is 0.929 bits per heavy atom. The van der Waals surface area contributed by atoms with Gasteiger partial charge in [0.15, 0.2) is 12.2 Å². The summed E-state index contributed by atoms with van der Waals surface area (Å²) in [5, 5.41) is 10.6. The highest BCUT2D eigenvalue weighted by Gasteiger charge is 2.30. The lowest BCUT2D eigenvalue weighted by molar-refractivity contribution is -0.161. The van der Waals surface area contributed by atoms with Crippen LogP contribution in [0.4, 0.5) is 0 Å². The van der Waals surface area contributed by atoms with E-state index in [2.05, 4.69) is 180 Å². The Bertz CT molecular complexity index is 2580. The molecular formula is C79H124O17P2. The number of carbonyl (C=O) groups excluding carboxylic acids is 4. The van der Waals surface area contributed by atoms with E-state index in [0.717, 1.165) is 148 Å². The average molecular weight is 1410 g/mol. The van der Waals surface area contributed by atoms with Crippen LogP contribution in [-0.2, 0) is 65.4 Å². The zero-order valence-corrected chi connectivity index (χ0v) is 61.7. The van der Waals surface area contributed by atoms with E-state index in [4.69, 9.17) is 37.0 Å². The average Bonchev–Trinajstić information content (AvgIpc) is 1.04. The Labute approximate surface area is 590 Å². The number of unbranched alkanes of at least 4 members (excludes halogenated alkanes) is 10. The van der Waals surface area contributed by atoms with Crippen LogP contribution in [0, 0.1) is 0 Å². The lowest BCUT2D eigenvalue weighted by Crippen LogP contribution is -2.30. The predicted molar refractivity (Wildman–Crippen MR) is 399 cm³/mol. The van der Waals surface area contributed by atoms with Crippen molar-refractivity contribution in [3.8, 4) is 0 Å². The normalized spacial score (nSPS) is 15.1. The van der Waals surface area contributed by atoms with Gasteiger partial charge in [0.2, 0.25) is 0 Å². The van der Waals surface area contributed by atoms with Gasteiger partial charge >= 0.3 is 39.5 Å². The van der Waals surface area contributed by atoms with E-state index in [-0.39, 0.29) is 25.7 Å². The minimum absolute atomic E-state index is 0.0146. The van der Waals surface area contributed by atoms with Crippen molar-refractivity contribution < 1.29 is 80.2 Å². The van der Waals surface area contributed by atoms with Crippen molar-refractivity contribution in [2.24, 2.45) is 0 Å². The van der Waals surface area contributed by atoms with Gasteiger partial charge in [-0.2, -0.15) is 0 Å². The van der Waals surface area contributed by atoms with Crippen LogP contribution >= 0.6 is 15.6 Å². The highest BCUT2D eigenvalue weighted by Crippen LogP contribution is 2.45. The van der Waals surface area contributed by atoms with Crippen molar-refractivity contribution >= 4 is 39.5 Å². The SMILES string of the molecule is CC/C=C\C/C=C\C/C=C\C/C=C\C/C=C\CC(=O)OCC(COP(=O)(O)OCC(O)COP(=O)(O)OCC(COC(=O)CCCC/C=C\C/C=C\C/C=C\C/C=C\CC)OC(=O)CCCCCCC/C=C\C/C=C\CCC)OC(=O)CCCC/C=C\C/C=C\C/C=C\C/C=C\CC. The molecule has 3 N–H and O–H groups in total.